The fourth-order valence-electron chi connectivity index (χ4n) is 2.27. The second kappa shape index (κ2) is 5.32. The third kappa shape index (κ3) is 2.97. The van der Waals surface area contributed by atoms with Crippen molar-refractivity contribution in [3.63, 3.8) is 0 Å². The van der Waals surface area contributed by atoms with Crippen LogP contribution >= 0.6 is 0 Å². The van der Waals surface area contributed by atoms with Crippen LogP contribution in [0.1, 0.15) is 18.4 Å². The molecule has 3 heteroatoms. The Bertz CT molecular complexity index is 340. The van der Waals surface area contributed by atoms with E-state index >= 15 is 0 Å². The van der Waals surface area contributed by atoms with Gasteiger partial charge in [0.25, 0.3) is 0 Å². The van der Waals surface area contributed by atoms with E-state index in [1.165, 1.54) is 5.56 Å². The molecule has 0 bridgehead atoms. The average Bonchev–Trinajstić information content (AvgIpc) is 2.28. The molecular weight excluding hydrogens is 200 g/mol. The zero-order chi connectivity index (χ0) is 11.4. The summed E-state index contributed by atoms with van der Waals surface area (Å²) >= 11 is 0. The van der Waals surface area contributed by atoms with E-state index in [1.807, 2.05) is 18.2 Å². The van der Waals surface area contributed by atoms with Crippen molar-refractivity contribution >= 4 is 5.69 Å². The van der Waals surface area contributed by atoms with E-state index < -0.39 is 0 Å². The molecule has 0 amide bonds. The highest BCUT2D eigenvalue weighted by atomic mass is 16.3. The first-order valence-electron chi connectivity index (χ1n) is 5.99. The first-order valence-corrected chi connectivity index (χ1v) is 5.99. The minimum Gasteiger partial charge on any atom is -0.399 e. The fourth-order valence-corrected chi connectivity index (χ4v) is 2.27. The van der Waals surface area contributed by atoms with E-state index in [1.54, 1.807) is 0 Å². The third-order valence-corrected chi connectivity index (χ3v) is 3.23. The van der Waals surface area contributed by atoms with Gasteiger partial charge in [-0.25, -0.2) is 0 Å². The highest BCUT2D eigenvalue weighted by Gasteiger charge is 2.17. The summed E-state index contributed by atoms with van der Waals surface area (Å²) in [6.45, 7) is 2.90. The zero-order valence-corrected chi connectivity index (χ0v) is 9.60. The molecule has 1 saturated heterocycles. The SMILES string of the molecule is Nc1ccccc1CCN1CCCC(O)C1. The number of nitrogen functional groups attached to an aromatic ring is 1. The van der Waals surface area contributed by atoms with Gasteiger partial charge in [0.15, 0.2) is 0 Å². The molecule has 3 nitrogen and oxygen atoms in total. The molecule has 1 unspecified atom stereocenters. The summed E-state index contributed by atoms with van der Waals surface area (Å²) < 4.78 is 0. The van der Waals surface area contributed by atoms with Gasteiger partial charge in [0, 0.05) is 18.8 Å². The smallest absolute Gasteiger partial charge is 0.0667 e. The molecule has 0 aliphatic carbocycles. The molecule has 1 aliphatic rings. The van der Waals surface area contributed by atoms with Crippen LogP contribution in [0.2, 0.25) is 0 Å². The molecular formula is C13H20N2O. The van der Waals surface area contributed by atoms with Gasteiger partial charge in [0.2, 0.25) is 0 Å². The van der Waals surface area contributed by atoms with Crippen molar-refractivity contribution in [1.82, 2.24) is 4.90 Å². The van der Waals surface area contributed by atoms with Crippen LogP contribution in [0, 0.1) is 0 Å². The Kier molecular flexibility index (Phi) is 3.80. The maximum atomic E-state index is 9.57. The largest absolute Gasteiger partial charge is 0.399 e. The van der Waals surface area contributed by atoms with Crippen molar-refractivity contribution in [2.24, 2.45) is 0 Å². The average molecular weight is 220 g/mol. The number of rotatable bonds is 3. The molecule has 3 N–H and O–H groups in total. The van der Waals surface area contributed by atoms with Crippen LogP contribution in [0.5, 0.6) is 0 Å². The lowest BCUT2D eigenvalue weighted by Crippen LogP contribution is -2.39. The van der Waals surface area contributed by atoms with Gasteiger partial charge in [-0.15, -0.1) is 0 Å². The van der Waals surface area contributed by atoms with Crippen LogP contribution in [-0.2, 0) is 6.42 Å². The van der Waals surface area contributed by atoms with Crippen molar-refractivity contribution in [2.75, 3.05) is 25.4 Å². The maximum absolute atomic E-state index is 9.57. The summed E-state index contributed by atoms with van der Waals surface area (Å²) in [5.74, 6) is 0. The van der Waals surface area contributed by atoms with Crippen molar-refractivity contribution in [3.05, 3.63) is 29.8 Å². The van der Waals surface area contributed by atoms with E-state index in [0.717, 1.165) is 44.6 Å². The van der Waals surface area contributed by atoms with Gasteiger partial charge in [-0.2, -0.15) is 0 Å². The van der Waals surface area contributed by atoms with Crippen LogP contribution in [0.3, 0.4) is 0 Å². The zero-order valence-electron chi connectivity index (χ0n) is 9.60. The van der Waals surface area contributed by atoms with Gasteiger partial charge in [0.1, 0.15) is 0 Å². The number of nitrogens with two attached hydrogens (primary N) is 1. The Balaban J connectivity index is 1.85. The van der Waals surface area contributed by atoms with Gasteiger partial charge in [0.05, 0.1) is 6.10 Å². The number of β-amino-alcohol motifs (C(OH)–C–C–N with tert-alkyl or cyclic N) is 1. The minimum absolute atomic E-state index is 0.137. The molecule has 2 rings (SSSR count). The lowest BCUT2D eigenvalue weighted by molar-refractivity contribution is 0.0714. The quantitative estimate of drug-likeness (QED) is 0.754. The van der Waals surface area contributed by atoms with E-state index in [9.17, 15) is 5.11 Å². The Hall–Kier alpha value is -1.06. The van der Waals surface area contributed by atoms with Gasteiger partial charge >= 0.3 is 0 Å². The van der Waals surface area contributed by atoms with Crippen LogP contribution in [0.15, 0.2) is 24.3 Å². The van der Waals surface area contributed by atoms with Gasteiger partial charge < -0.3 is 15.7 Å². The Labute approximate surface area is 96.9 Å². The normalized spacial score (nSPS) is 22.2. The summed E-state index contributed by atoms with van der Waals surface area (Å²) in [5, 5.41) is 9.57. The second-order valence-corrected chi connectivity index (χ2v) is 4.55. The Morgan fingerprint density at radius 1 is 1.38 bits per heavy atom. The summed E-state index contributed by atoms with van der Waals surface area (Å²) in [5.41, 5.74) is 7.98. The summed E-state index contributed by atoms with van der Waals surface area (Å²) in [7, 11) is 0. The van der Waals surface area contributed by atoms with Gasteiger partial charge in [-0.05, 0) is 37.4 Å². The fraction of sp³-hybridized carbons (Fsp3) is 0.538. The number of nitrogens with zero attached hydrogens (tertiary/aromatic N) is 1. The molecule has 0 saturated carbocycles. The first-order chi connectivity index (χ1) is 7.75. The predicted molar refractivity (Wildman–Crippen MR) is 66.2 cm³/mol. The Morgan fingerprint density at radius 3 is 2.94 bits per heavy atom. The third-order valence-electron chi connectivity index (χ3n) is 3.23. The standard InChI is InChI=1S/C13H20N2O/c14-13-6-2-1-4-11(13)7-9-15-8-3-5-12(16)10-15/h1-2,4,6,12,16H,3,5,7-10,14H2. The van der Waals surface area contributed by atoms with Crippen LogP contribution in [0.4, 0.5) is 5.69 Å². The molecule has 0 radical (unpaired) electrons. The van der Waals surface area contributed by atoms with Gasteiger partial charge in [-0.3, -0.25) is 0 Å². The van der Waals surface area contributed by atoms with E-state index in [0.29, 0.717) is 0 Å². The lowest BCUT2D eigenvalue weighted by atomic mass is 10.1. The topological polar surface area (TPSA) is 49.5 Å². The molecule has 1 atom stereocenters. The number of anilines is 1. The molecule has 1 aromatic rings. The summed E-state index contributed by atoms with van der Waals surface area (Å²) in [6.07, 6.45) is 2.89. The van der Waals surface area contributed by atoms with Crippen molar-refractivity contribution in [2.45, 2.75) is 25.4 Å². The van der Waals surface area contributed by atoms with Crippen LogP contribution in [0.25, 0.3) is 0 Å². The van der Waals surface area contributed by atoms with Gasteiger partial charge in [-0.1, -0.05) is 18.2 Å². The first kappa shape index (κ1) is 11.4. The van der Waals surface area contributed by atoms with Crippen LogP contribution in [-0.4, -0.2) is 35.7 Å². The molecule has 1 fully saturated rings. The van der Waals surface area contributed by atoms with E-state index in [-0.39, 0.29) is 6.10 Å². The monoisotopic (exact) mass is 220 g/mol. The number of para-hydroxylation sites is 1. The van der Waals surface area contributed by atoms with Crippen molar-refractivity contribution < 1.29 is 5.11 Å². The molecule has 0 aromatic heterocycles. The minimum atomic E-state index is -0.137. The van der Waals surface area contributed by atoms with Crippen molar-refractivity contribution in [1.29, 1.82) is 0 Å². The molecule has 1 aromatic carbocycles. The molecule has 1 aliphatic heterocycles. The highest BCUT2D eigenvalue weighted by molar-refractivity contribution is 5.46. The molecule has 16 heavy (non-hydrogen) atoms. The molecule has 0 spiro atoms. The second-order valence-electron chi connectivity index (χ2n) is 4.55. The van der Waals surface area contributed by atoms with E-state index in [2.05, 4.69) is 11.0 Å². The number of likely N-dealkylation sites (tertiary alicyclic amines) is 1. The number of benzene rings is 1. The molecule has 88 valence electrons. The summed E-state index contributed by atoms with van der Waals surface area (Å²) in [6, 6.07) is 8.01. The maximum Gasteiger partial charge on any atom is 0.0667 e. The molecule has 1 heterocycles. The number of hydrogen-bond donors (Lipinski definition) is 2. The van der Waals surface area contributed by atoms with Crippen molar-refractivity contribution in [3.8, 4) is 0 Å². The number of aliphatic hydroxyl groups excluding tert-OH is 1. The number of aliphatic hydroxyl groups is 1. The highest BCUT2D eigenvalue weighted by Crippen LogP contribution is 2.14. The number of hydrogen-bond acceptors (Lipinski definition) is 3. The van der Waals surface area contributed by atoms with Crippen LogP contribution < -0.4 is 5.73 Å². The number of piperidine rings is 1. The summed E-state index contributed by atoms with van der Waals surface area (Å²) in [4.78, 5) is 2.32. The predicted octanol–water partition coefficient (Wildman–Crippen LogP) is 1.27. The lowest BCUT2D eigenvalue weighted by Gasteiger charge is -2.30. The Morgan fingerprint density at radius 2 is 2.19 bits per heavy atom. The van der Waals surface area contributed by atoms with E-state index in [4.69, 9.17) is 5.73 Å².